The van der Waals surface area contributed by atoms with E-state index in [2.05, 4.69) is 43.0 Å². The highest BCUT2D eigenvalue weighted by atomic mass is 32.2. The Morgan fingerprint density at radius 2 is 1.39 bits per heavy atom. The molecule has 0 unspecified atom stereocenters. The highest BCUT2D eigenvalue weighted by Crippen LogP contribution is 2.61. The lowest BCUT2D eigenvalue weighted by Gasteiger charge is -2.56. The number of hydrogen-bond donors (Lipinski definition) is 0. The summed E-state index contributed by atoms with van der Waals surface area (Å²) in [5.74, 6) is 3.19. The number of hydrogen-bond acceptors (Lipinski definition) is 1. The molecular formula is C17H22S. The molecule has 4 aliphatic rings. The topological polar surface area (TPSA) is 0 Å². The monoisotopic (exact) mass is 258 g/mol. The van der Waals surface area contributed by atoms with E-state index in [4.69, 9.17) is 0 Å². The third kappa shape index (κ3) is 1.91. The van der Waals surface area contributed by atoms with E-state index in [0.29, 0.717) is 4.75 Å². The highest BCUT2D eigenvalue weighted by Gasteiger charge is 2.51. The Hall–Kier alpha value is -0.430. The Bertz CT molecular complexity index is 410. The van der Waals surface area contributed by atoms with E-state index >= 15 is 0 Å². The number of aryl methyl sites for hydroxylation is 1. The molecule has 4 bridgehead atoms. The van der Waals surface area contributed by atoms with Crippen LogP contribution in [0, 0.1) is 24.7 Å². The summed E-state index contributed by atoms with van der Waals surface area (Å²) < 4.78 is 0.615. The fourth-order valence-corrected chi connectivity index (χ4v) is 6.74. The standard InChI is InChI=1S/C17H22S/c1-12-2-4-16(5-3-12)18-17-9-13-6-14(10-17)8-15(7-13)11-17/h2-5,13-15H,6-11H2,1H3. The van der Waals surface area contributed by atoms with Crippen molar-refractivity contribution in [2.75, 3.05) is 0 Å². The van der Waals surface area contributed by atoms with Crippen LogP contribution in [-0.2, 0) is 0 Å². The van der Waals surface area contributed by atoms with Crippen molar-refractivity contribution in [1.29, 1.82) is 0 Å². The molecular weight excluding hydrogens is 236 g/mol. The van der Waals surface area contributed by atoms with Gasteiger partial charge in [0.2, 0.25) is 0 Å². The van der Waals surface area contributed by atoms with Crippen molar-refractivity contribution in [2.45, 2.75) is 55.1 Å². The van der Waals surface area contributed by atoms with Crippen LogP contribution in [0.4, 0.5) is 0 Å². The summed E-state index contributed by atoms with van der Waals surface area (Å²) in [7, 11) is 0. The van der Waals surface area contributed by atoms with E-state index < -0.39 is 0 Å². The lowest BCUT2D eigenvalue weighted by Crippen LogP contribution is -2.48. The van der Waals surface area contributed by atoms with Gasteiger partial charge in [0.25, 0.3) is 0 Å². The van der Waals surface area contributed by atoms with Gasteiger partial charge in [-0.15, -0.1) is 11.8 Å². The van der Waals surface area contributed by atoms with Crippen LogP contribution >= 0.6 is 11.8 Å². The minimum atomic E-state index is 0.615. The molecule has 0 heterocycles. The molecule has 1 heteroatoms. The van der Waals surface area contributed by atoms with Gasteiger partial charge < -0.3 is 0 Å². The molecule has 18 heavy (non-hydrogen) atoms. The zero-order chi connectivity index (χ0) is 12.2. The van der Waals surface area contributed by atoms with E-state index in [-0.39, 0.29) is 0 Å². The number of benzene rings is 1. The van der Waals surface area contributed by atoms with Crippen molar-refractivity contribution in [3.05, 3.63) is 29.8 Å². The van der Waals surface area contributed by atoms with Crippen molar-refractivity contribution in [1.82, 2.24) is 0 Å². The number of thioether (sulfide) groups is 1. The first-order valence-electron chi connectivity index (χ1n) is 7.46. The van der Waals surface area contributed by atoms with E-state index in [1.54, 1.807) is 19.3 Å². The van der Waals surface area contributed by atoms with Gasteiger partial charge in [-0.05, 0) is 75.3 Å². The van der Waals surface area contributed by atoms with Gasteiger partial charge >= 0.3 is 0 Å². The summed E-state index contributed by atoms with van der Waals surface area (Å²) in [5.41, 5.74) is 1.38. The molecule has 0 nitrogen and oxygen atoms in total. The Kier molecular flexibility index (Phi) is 2.55. The van der Waals surface area contributed by atoms with Crippen LogP contribution < -0.4 is 0 Å². The summed E-state index contributed by atoms with van der Waals surface area (Å²) in [5, 5.41) is 0. The molecule has 4 fully saturated rings. The van der Waals surface area contributed by atoms with E-state index in [9.17, 15) is 0 Å². The Labute approximate surface area is 115 Å². The first-order valence-corrected chi connectivity index (χ1v) is 8.28. The smallest absolute Gasteiger partial charge is 0.0215 e. The maximum atomic E-state index is 2.33. The van der Waals surface area contributed by atoms with Crippen LogP contribution in [0.1, 0.15) is 44.1 Å². The van der Waals surface area contributed by atoms with Crippen LogP contribution in [0.3, 0.4) is 0 Å². The second-order valence-electron chi connectivity index (χ2n) is 7.02. The second-order valence-corrected chi connectivity index (χ2v) is 8.56. The average Bonchev–Trinajstić information content (AvgIpc) is 2.30. The van der Waals surface area contributed by atoms with Crippen LogP contribution in [-0.4, -0.2) is 4.75 Å². The molecule has 1 aromatic carbocycles. The van der Waals surface area contributed by atoms with Gasteiger partial charge in [0.15, 0.2) is 0 Å². The fourth-order valence-electron chi connectivity index (χ4n) is 5.01. The normalized spacial score (nSPS) is 41.3. The van der Waals surface area contributed by atoms with Gasteiger partial charge in [0.05, 0.1) is 0 Å². The maximum absolute atomic E-state index is 2.33. The third-order valence-electron chi connectivity index (χ3n) is 5.34. The predicted molar refractivity (Wildman–Crippen MR) is 77.9 cm³/mol. The molecule has 0 aromatic heterocycles. The predicted octanol–water partition coefficient (Wildman–Crippen LogP) is 5.06. The van der Waals surface area contributed by atoms with Gasteiger partial charge in [0, 0.05) is 9.64 Å². The molecule has 0 atom stereocenters. The Balaban J connectivity index is 1.58. The lowest BCUT2D eigenvalue weighted by atomic mass is 9.56. The number of rotatable bonds is 2. The SMILES string of the molecule is Cc1ccc(SC23CC4CC(CC(C4)C2)C3)cc1. The van der Waals surface area contributed by atoms with Crippen molar-refractivity contribution in [3.63, 3.8) is 0 Å². The summed E-state index contributed by atoms with van der Waals surface area (Å²) in [6.45, 7) is 2.18. The average molecular weight is 258 g/mol. The third-order valence-corrected chi connectivity index (χ3v) is 6.78. The quantitative estimate of drug-likeness (QED) is 0.715. The molecule has 0 N–H and O–H groups in total. The highest BCUT2D eigenvalue weighted by molar-refractivity contribution is 8.00. The lowest BCUT2D eigenvalue weighted by molar-refractivity contribution is 0.0383. The minimum Gasteiger partial charge on any atom is -0.119 e. The molecule has 5 rings (SSSR count). The molecule has 0 spiro atoms. The Morgan fingerprint density at radius 1 is 0.889 bits per heavy atom. The molecule has 0 radical (unpaired) electrons. The van der Waals surface area contributed by atoms with Crippen LogP contribution in [0.5, 0.6) is 0 Å². The first-order chi connectivity index (χ1) is 8.71. The maximum Gasteiger partial charge on any atom is 0.0215 e. The molecule has 4 aliphatic carbocycles. The van der Waals surface area contributed by atoms with Crippen molar-refractivity contribution < 1.29 is 0 Å². The van der Waals surface area contributed by atoms with Crippen molar-refractivity contribution in [3.8, 4) is 0 Å². The largest absolute Gasteiger partial charge is 0.119 e. The molecule has 4 saturated carbocycles. The van der Waals surface area contributed by atoms with E-state index in [1.807, 2.05) is 0 Å². The molecule has 1 aromatic rings. The minimum absolute atomic E-state index is 0.615. The Morgan fingerprint density at radius 3 is 1.89 bits per heavy atom. The van der Waals surface area contributed by atoms with Crippen LogP contribution in [0.15, 0.2) is 29.2 Å². The van der Waals surface area contributed by atoms with Crippen molar-refractivity contribution in [2.24, 2.45) is 17.8 Å². The van der Waals surface area contributed by atoms with Gasteiger partial charge in [0.1, 0.15) is 0 Å². The summed E-state index contributed by atoms with van der Waals surface area (Å²) in [6, 6.07) is 9.20. The van der Waals surface area contributed by atoms with Crippen LogP contribution in [0.2, 0.25) is 0 Å². The second kappa shape index (κ2) is 4.03. The van der Waals surface area contributed by atoms with Gasteiger partial charge in [-0.3, -0.25) is 0 Å². The summed E-state index contributed by atoms with van der Waals surface area (Å²) in [6.07, 6.45) is 9.14. The van der Waals surface area contributed by atoms with Gasteiger partial charge in [-0.1, -0.05) is 17.7 Å². The zero-order valence-electron chi connectivity index (χ0n) is 11.2. The van der Waals surface area contributed by atoms with Crippen molar-refractivity contribution >= 4 is 11.8 Å². The van der Waals surface area contributed by atoms with Gasteiger partial charge in [-0.25, -0.2) is 0 Å². The molecule has 0 amide bonds. The summed E-state index contributed by atoms with van der Waals surface area (Å²) >= 11 is 2.21. The summed E-state index contributed by atoms with van der Waals surface area (Å²) in [4.78, 5) is 1.50. The molecule has 0 saturated heterocycles. The van der Waals surface area contributed by atoms with E-state index in [1.165, 1.54) is 29.7 Å². The first kappa shape index (κ1) is 11.4. The van der Waals surface area contributed by atoms with Gasteiger partial charge in [-0.2, -0.15) is 0 Å². The molecule has 0 aliphatic heterocycles. The molecule has 96 valence electrons. The zero-order valence-corrected chi connectivity index (χ0v) is 12.0. The fraction of sp³-hybridized carbons (Fsp3) is 0.647. The van der Waals surface area contributed by atoms with Crippen LogP contribution in [0.25, 0.3) is 0 Å². The van der Waals surface area contributed by atoms with E-state index in [0.717, 1.165) is 17.8 Å².